The van der Waals surface area contributed by atoms with E-state index in [-0.39, 0.29) is 12.3 Å². The highest BCUT2D eigenvalue weighted by Gasteiger charge is 2.29. The third-order valence-corrected chi connectivity index (χ3v) is 2.66. The summed E-state index contributed by atoms with van der Waals surface area (Å²) in [4.78, 5) is 22.3. The van der Waals surface area contributed by atoms with Crippen LogP contribution in [0.15, 0.2) is 29.4 Å². The van der Waals surface area contributed by atoms with Crippen LogP contribution in [0.2, 0.25) is 0 Å². The Morgan fingerprint density at radius 2 is 2.12 bits per heavy atom. The molecule has 1 heterocycles. The summed E-state index contributed by atoms with van der Waals surface area (Å²) in [6.45, 7) is 1.38. The van der Waals surface area contributed by atoms with E-state index in [9.17, 15) is 9.59 Å². The van der Waals surface area contributed by atoms with Crippen molar-refractivity contribution in [3.05, 3.63) is 35.4 Å². The van der Waals surface area contributed by atoms with Gasteiger partial charge < -0.3 is 5.11 Å². The number of aliphatic carboxylic acids is 1. The summed E-state index contributed by atoms with van der Waals surface area (Å²) in [6, 6.07) is 6.83. The molecule has 0 aliphatic carbocycles. The van der Waals surface area contributed by atoms with Crippen molar-refractivity contribution in [1.29, 1.82) is 0 Å². The molecule has 0 spiro atoms. The molecule has 1 aromatic rings. The number of hydrogen-bond donors (Lipinski definition) is 1. The largest absolute Gasteiger partial charge is 0.481 e. The highest BCUT2D eigenvalue weighted by molar-refractivity contribution is 5.87. The average Bonchev–Trinajstić information content (AvgIpc) is 2.28. The molecule has 0 fully saturated rings. The predicted molar refractivity (Wildman–Crippen MR) is 61.5 cm³/mol. The molecule has 5 heteroatoms. The normalized spacial score (nSPS) is 17.7. The summed E-state index contributed by atoms with van der Waals surface area (Å²) in [5, 5.41) is 14.1. The van der Waals surface area contributed by atoms with Crippen molar-refractivity contribution in [1.82, 2.24) is 5.01 Å². The minimum absolute atomic E-state index is 0.145. The summed E-state index contributed by atoms with van der Waals surface area (Å²) >= 11 is 0. The van der Waals surface area contributed by atoms with Crippen LogP contribution in [0.5, 0.6) is 0 Å². The van der Waals surface area contributed by atoms with Crippen molar-refractivity contribution in [2.75, 3.05) is 0 Å². The van der Waals surface area contributed by atoms with Gasteiger partial charge in [0.15, 0.2) is 0 Å². The van der Waals surface area contributed by atoms with Gasteiger partial charge in [-0.25, -0.2) is 5.01 Å². The molecule has 88 valence electrons. The topological polar surface area (TPSA) is 70.0 Å². The van der Waals surface area contributed by atoms with Crippen LogP contribution < -0.4 is 0 Å². The van der Waals surface area contributed by atoms with Crippen molar-refractivity contribution >= 4 is 18.1 Å². The van der Waals surface area contributed by atoms with Crippen molar-refractivity contribution in [3.8, 4) is 0 Å². The fraction of sp³-hybridized carbons (Fsp3) is 0.250. The van der Waals surface area contributed by atoms with Crippen molar-refractivity contribution in [2.24, 2.45) is 5.10 Å². The SMILES string of the molecule is CC(=O)N1N=Cc2ccccc2C1CC(=O)O. The lowest BCUT2D eigenvalue weighted by Gasteiger charge is -2.29. The standard InChI is InChI=1S/C12H12N2O3/c1-8(15)14-11(6-12(16)17)10-5-3-2-4-9(10)7-13-14/h2-5,7,11H,6H2,1H3,(H,16,17). The molecule has 1 atom stereocenters. The smallest absolute Gasteiger partial charge is 0.305 e. The second-order valence-electron chi connectivity index (χ2n) is 3.85. The summed E-state index contributed by atoms with van der Waals surface area (Å²) in [5.74, 6) is -1.21. The Bertz CT molecular complexity index is 496. The van der Waals surface area contributed by atoms with Crippen molar-refractivity contribution in [3.63, 3.8) is 0 Å². The number of hydrazone groups is 1. The average molecular weight is 232 g/mol. The first-order valence-electron chi connectivity index (χ1n) is 5.24. The number of carboxylic acid groups (broad SMARTS) is 1. The number of nitrogens with zero attached hydrogens (tertiary/aromatic N) is 2. The molecule has 2 rings (SSSR count). The van der Waals surface area contributed by atoms with Gasteiger partial charge in [-0.3, -0.25) is 9.59 Å². The molecule has 1 N–H and O–H groups in total. The van der Waals surface area contributed by atoms with E-state index in [0.717, 1.165) is 11.1 Å². The first-order chi connectivity index (χ1) is 8.09. The minimum atomic E-state index is -0.951. The van der Waals surface area contributed by atoms with Crippen LogP contribution >= 0.6 is 0 Å². The summed E-state index contributed by atoms with van der Waals surface area (Å²) < 4.78 is 0. The Kier molecular flexibility index (Phi) is 2.91. The Balaban J connectivity index is 2.43. The molecule has 0 saturated carbocycles. The van der Waals surface area contributed by atoms with E-state index in [0.29, 0.717) is 0 Å². The molecule has 0 saturated heterocycles. The molecule has 1 aliphatic heterocycles. The molecule has 1 unspecified atom stereocenters. The minimum Gasteiger partial charge on any atom is -0.481 e. The zero-order chi connectivity index (χ0) is 12.4. The maximum atomic E-state index is 11.4. The number of benzene rings is 1. The molecule has 0 bridgehead atoms. The third-order valence-electron chi connectivity index (χ3n) is 2.66. The van der Waals surface area contributed by atoms with E-state index in [1.165, 1.54) is 11.9 Å². The number of hydrogen-bond acceptors (Lipinski definition) is 3. The van der Waals surface area contributed by atoms with Crippen LogP contribution in [0.25, 0.3) is 0 Å². The highest BCUT2D eigenvalue weighted by Crippen LogP contribution is 2.30. The van der Waals surface area contributed by atoms with Crippen molar-refractivity contribution < 1.29 is 14.7 Å². The molecule has 17 heavy (non-hydrogen) atoms. The zero-order valence-electron chi connectivity index (χ0n) is 9.33. The van der Waals surface area contributed by atoms with Gasteiger partial charge in [-0.05, 0) is 11.1 Å². The van der Waals surface area contributed by atoms with E-state index in [1.54, 1.807) is 6.21 Å². The first-order valence-corrected chi connectivity index (χ1v) is 5.24. The fourth-order valence-corrected chi connectivity index (χ4v) is 1.93. The van der Waals surface area contributed by atoms with E-state index >= 15 is 0 Å². The second-order valence-corrected chi connectivity index (χ2v) is 3.85. The van der Waals surface area contributed by atoms with E-state index < -0.39 is 12.0 Å². The van der Waals surface area contributed by atoms with Gasteiger partial charge in [0.25, 0.3) is 0 Å². The molecule has 1 amide bonds. The van der Waals surface area contributed by atoms with E-state index in [4.69, 9.17) is 5.11 Å². The van der Waals surface area contributed by atoms with Gasteiger partial charge in [-0.1, -0.05) is 24.3 Å². The van der Waals surface area contributed by atoms with Gasteiger partial charge in [0.05, 0.1) is 18.7 Å². The molecular weight excluding hydrogens is 220 g/mol. The van der Waals surface area contributed by atoms with Gasteiger partial charge in [-0.15, -0.1) is 0 Å². The number of carbonyl (C=O) groups excluding carboxylic acids is 1. The third kappa shape index (κ3) is 2.18. The number of carboxylic acids is 1. The Morgan fingerprint density at radius 1 is 1.41 bits per heavy atom. The van der Waals surface area contributed by atoms with E-state index in [2.05, 4.69) is 5.10 Å². The Hall–Kier alpha value is -2.17. The number of rotatable bonds is 2. The van der Waals surface area contributed by atoms with E-state index in [1.807, 2.05) is 24.3 Å². The van der Waals surface area contributed by atoms with Gasteiger partial charge in [0, 0.05) is 6.92 Å². The lowest BCUT2D eigenvalue weighted by Crippen LogP contribution is -2.33. The monoisotopic (exact) mass is 232 g/mol. The van der Waals surface area contributed by atoms with Crippen molar-refractivity contribution in [2.45, 2.75) is 19.4 Å². The van der Waals surface area contributed by atoms with Gasteiger partial charge in [0.2, 0.25) is 5.91 Å². The summed E-state index contributed by atoms with van der Waals surface area (Å²) in [6.07, 6.45) is 1.43. The maximum absolute atomic E-state index is 11.4. The Labute approximate surface area is 98.4 Å². The molecule has 1 aliphatic rings. The van der Waals surface area contributed by atoms with Crippen LogP contribution in [0.3, 0.4) is 0 Å². The lowest BCUT2D eigenvalue weighted by atomic mass is 9.96. The number of fused-ring (bicyclic) bond motifs is 1. The molecular formula is C12H12N2O3. The number of carbonyl (C=O) groups is 2. The first kappa shape index (κ1) is 11.3. The Morgan fingerprint density at radius 3 is 2.76 bits per heavy atom. The summed E-state index contributed by atoms with van der Waals surface area (Å²) in [7, 11) is 0. The second kappa shape index (κ2) is 4.37. The lowest BCUT2D eigenvalue weighted by molar-refractivity contribution is -0.140. The molecule has 1 aromatic carbocycles. The van der Waals surface area contributed by atoms with Gasteiger partial charge >= 0.3 is 5.97 Å². The number of amides is 1. The predicted octanol–water partition coefficient (Wildman–Crippen LogP) is 1.40. The molecule has 0 aromatic heterocycles. The van der Waals surface area contributed by atoms with Crippen LogP contribution in [0.4, 0.5) is 0 Å². The fourth-order valence-electron chi connectivity index (χ4n) is 1.93. The maximum Gasteiger partial charge on any atom is 0.305 e. The molecule has 5 nitrogen and oxygen atoms in total. The zero-order valence-corrected chi connectivity index (χ0v) is 9.33. The van der Waals surface area contributed by atoms with Crippen LogP contribution in [-0.2, 0) is 9.59 Å². The van der Waals surface area contributed by atoms with Gasteiger partial charge in [0.1, 0.15) is 0 Å². The summed E-state index contributed by atoms with van der Waals surface area (Å²) in [5.41, 5.74) is 1.68. The molecule has 0 radical (unpaired) electrons. The van der Waals surface area contributed by atoms with Gasteiger partial charge in [-0.2, -0.15) is 5.10 Å². The van der Waals surface area contributed by atoms with Crippen LogP contribution in [-0.4, -0.2) is 28.2 Å². The quantitative estimate of drug-likeness (QED) is 0.837. The highest BCUT2D eigenvalue weighted by atomic mass is 16.4. The van der Waals surface area contributed by atoms with Crippen LogP contribution in [0, 0.1) is 0 Å². The van der Waals surface area contributed by atoms with Crippen LogP contribution in [0.1, 0.15) is 30.5 Å².